The van der Waals surface area contributed by atoms with E-state index in [0.29, 0.717) is 12.0 Å². The Morgan fingerprint density at radius 2 is 1.67 bits per heavy atom. The molecule has 1 N–H and O–H groups in total. The fourth-order valence-corrected chi connectivity index (χ4v) is 3.00. The molecule has 21 heavy (non-hydrogen) atoms. The van der Waals surface area contributed by atoms with E-state index in [9.17, 15) is 4.39 Å². The Bertz CT molecular complexity index is 618. The summed E-state index contributed by atoms with van der Waals surface area (Å²) in [6.45, 7) is 0. The van der Waals surface area contributed by atoms with Crippen LogP contribution in [0.25, 0.3) is 0 Å². The van der Waals surface area contributed by atoms with E-state index in [1.54, 1.807) is 12.1 Å². The van der Waals surface area contributed by atoms with Crippen LogP contribution in [0.3, 0.4) is 0 Å². The van der Waals surface area contributed by atoms with E-state index in [1.165, 1.54) is 5.69 Å². The van der Waals surface area contributed by atoms with Gasteiger partial charge in [0.15, 0.2) is 0 Å². The summed E-state index contributed by atoms with van der Waals surface area (Å²) in [5, 5.41) is 3.58. The lowest BCUT2D eigenvalue weighted by atomic mass is 9.75. The van der Waals surface area contributed by atoms with Gasteiger partial charge in [-0.3, -0.25) is 0 Å². The molecule has 0 saturated heterocycles. The van der Waals surface area contributed by atoms with Crippen LogP contribution in [0.4, 0.5) is 15.8 Å². The molecule has 2 nitrogen and oxygen atoms in total. The molecule has 0 spiro atoms. The Labute approximate surface area is 125 Å². The summed E-state index contributed by atoms with van der Waals surface area (Å²) < 4.78 is 13.8. The number of nitrogens with one attached hydrogen (secondary N) is 1. The van der Waals surface area contributed by atoms with Gasteiger partial charge >= 0.3 is 0 Å². The second-order valence-electron chi connectivity index (χ2n) is 5.94. The molecule has 3 heteroatoms. The lowest BCUT2D eigenvalue weighted by Crippen LogP contribution is -2.34. The maximum Gasteiger partial charge on any atom is 0.126 e. The van der Waals surface area contributed by atoms with Gasteiger partial charge in [-0.2, -0.15) is 0 Å². The highest BCUT2D eigenvalue weighted by atomic mass is 19.1. The number of para-hydroxylation sites is 2. The van der Waals surface area contributed by atoms with Crippen LogP contribution in [0, 0.1) is 5.82 Å². The van der Waals surface area contributed by atoms with Gasteiger partial charge in [-0.1, -0.05) is 30.3 Å². The largest absolute Gasteiger partial charge is 0.381 e. The minimum Gasteiger partial charge on any atom is -0.381 e. The SMILES string of the molecule is CN(C)c1ccccc1NC1CC(c2ccccc2F)C1. The van der Waals surface area contributed by atoms with Crippen LogP contribution in [0.5, 0.6) is 0 Å². The molecular formula is C18H21FN2. The average molecular weight is 284 g/mol. The Morgan fingerprint density at radius 3 is 2.38 bits per heavy atom. The van der Waals surface area contributed by atoms with Crippen LogP contribution in [0.15, 0.2) is 48.5 Å². The highest BCUT2D eigenvalue weighted by molar-refractivity contribution is 5.69. The van der Waals surface area contributed by atoms with E-state index >= 15 is 0 Å². The Morgan fingerprint density at radius 1 is 1.00 bits per heavy atom. The van der Waals surface area contributed by atoms with Gasteiger partial charge in [-0.15, -0.1) is 0 Å². The molecule has 0 aliphatic heterocycles. The van der Waals surface area contributed by atoms with Crippen molar-refractivity contribution in [1.82, 2.24) is 0 Å². The minimum absolute atomic E-state index is 0.0744. The second-order valence-corrected chi connectivity index (χ2v) is 5.94. The average Bonchev–Trinajstić information content (AvgIpc) is 2.44. The fraction of sp³-hybridized carbons (Fsp3) is 0.333. The van der Waals surface area contributed by atoms with E-state index in [4.69, 9.17) is 0 Å². The second kappa shape index (κ2) is 5.76. The predicted octanol–water partition coefficient (Wildman–Crippen LogP) is 4.25. The van der Waals surface area contributed by atoms with Gasteiger partial charge in [0.25, 0.3) is 0 Å². The molecule has 1 fully saturated rings. The van der Waals surface area contributed by atoms with E-state index < -0.39 is 0 Å². The van der Waals surface area contributed by atoms with Gasteiger partial charge in [0, 0.05) is 20.1 Å². The van der Waals surface area contributed by atoms with Crippen molar-refractivity contribution in [1.29, 1.82) is 0 Å². The summed E-state index contributed by atoms with van der Waals surface area (Å²) >= 11 is 0. The van der Waals surface area contributed by atoms with E-state index in [2.05, 4.69) is 22.3 Å². The van der Waals surface area contributed by atoms with E-state index in [-0.39, 0.29) is 5.82 Å². The van der Waals surface area contributed by atoms with Crippen LogP contribution < -0.4 is 10.2 Å². The van der Waals surface area contributed by atoms with E-state index in [0.717, 1.165) is 24.1 Å². The van der Waals surface area contributed by atoms with Crippen LogP contribution in [0.1, 0.15) is 24.3 Å². The normalized spacial score (nSPS) is 20.7. The van der Waals surface area contributed by atoms with E-state index in [1.807, 2.05) is 38.4 Å². The first-order chi connectivity index (χ1) is 10.1. The summed E-state index contributed by atoms with van der Waals surface area (Å²) in [5.74, 6) is 0.268. The summed E-state index contributed by atoms with van der Waals surface area (Å²) in [4.78, 5) is 2.11. The zero-order valence-corrected chi connectivity index (χ0v) is 12.5. The first-order valence-electron chi connectivity index (χ1n) is 7.42. The number of rotatable bonds is 4. The molecule has 0 bridgehead atoms. The monoisotopic (exact) mass is 284 g/mol. The molecule has 0 unspecified atom stereocenters. The lowest BCUT2D eigenvalue weighted by Gasteiger charge is -2.37. The smallest absolute Gasteiger partial charge is 0.126 e. The van der Waals surface area contributed by atoms with Crippen molar-refractivity contribution < 1.29 is 4.39 Å². The molecule has 2 aromatic carbocycles. The molecule has 110 valence electrons. The van der Waals surface area contributed by atoms with Crippen molar-refractivity contribution >= 4 is 11.4 Å². The van der Waals surface area contributed by atoms with Crippen LogP contribution in [0.2, 0.25) is 0 Å². The van der Waals surface area contributed by atoms with Crippen molar-refractivity contribution in [3.05, 3.63) is 59.9 Å². The van der Waals surface area contributed by atoms with Crippen molar-refractivity contribution in [2.24, 2.45) is 0 Å². The molecule has 0 aromatic heterocycles. The number of benzene rings is 2. The summed E-state index contributed by atoms with van der Waals surface area (Å²) in [6.07, 6.45) is 1.98. The topological polar surface area (TPSA) is 15.3 Å². The number of halogens is 1. The third-order valence-electron chi connectivity index (χ3n) is 4.23. The third-order valence-corrected chi connectivity index (χ3v) is 4.23. The maximum atomic E-state index is 13.8. The molecule has 3 rings (SSSR count). The summed E-state index contributed by atoms with van der Waals surface area (Å²) in [6, 6.07) is 15.9. The molecule has 0 atom stereocenters. The molecule has 1 saturated carbocycles. The van der Waals surface area contributed by atoms with Crippen molar-refractivity contribution in [3.63, 3.8) is 0 Å². The molecule has 0 radical (unpaired) electrons. The predicted molar refractivity (Wildman–Crippen MR) is 86.6 cm³/mol. The minimum atomic E-state index is -0.0744. The Hall–Kier alpha value is -2.03. The van der Waals surface area contributed by atoms with Gasteiger partial charge in [0.2, 0.25) is 0 Å². The van der Waals surface area contributed by atoms with Crippen molar-refractivity contribution in [2.75, 3.05) is 24.3 Å². The lowest BCUT2D eigenvalue weighted by molar-refractivity contribution is 0.363. The van der Waals surface area contributed by atoms with Crippen LogP contribution in [-0.4, -0.2) is 20.1 Å². The summed E-state index contributed by atoms with van der Waals surface area (Å²) in [7, 11) is 4.09. The number of hydrogen-bond acceptors (Lipinski definition) is 2. The Kier molecular flexibility index (Phi) is 3.82. The Balaban J connectivity index is 1.64. The molecule has 2 aromatic rings. The first kappa shape index (κ1) is 13.9. The van der Waals surface area contributed by atoms with Gasteiger partial charge < -0.3 is 10.2 Å². The van der Waals surface area contributed by atoms with Gasteiger partial charge in [-0.05, 0) is 42.5 Å². The van der Waals surface area contributed by atoms with Crippen molar-refractivity contribution in [2.45, 2.75) is 24.8 Å². The quantitative estimate of drug-likeness (QED) is 0.903. The first-order valence-corrected chi connectivity index (χ1v) is 7.42. The molecule has 1 aliphatic carbocycles. The standard InChI is InChI=1S/C18H21FN2/c1-21(2)18-10-6-5-9-17(18)20-14-11-13(12-14)15-7-3-4-8-16(15)19/h3-10,13-14,20H,11-12H2,1-2H3. The number of anilines is 2. The van der Waals surface area contributed by atoms with Gasteiger partial charge in [0.05, 0.1) is 11.4 Å². The fourth-order valence-electron chi connectivity index (χ4n) is 3.00. The highest BCUT2D eigenvalue weighted by Gasteiger charge is 2.32. The van der Waals surface area contributed by atoms with Gasteiger partial charge in [0.1, 0.15) is 5.82 Å². The molecule has 1 aliphatic rings. The number of nitrogens with zero attached hydrogens (tertiary/aromatic N) is 1. The van der Waals surface area contributed by atoms with Crippen LogP contribution >= 0.6 is 0 Å². The molecular weight excluding hydrogens is 263 g/mol. The zero-order valence-electron chi connectivity index (χ0n) is 12.5. The third kappa shape index (κ3) is 2.87. The molecule has 0 heterocycles. The zero-order chi connectivity index (χ0) is 14.8. The highest BCUT2D eigenvalue weighted by Crippen LogP contribution is 2.40. The van der Waals surface area contributed by atoms with Crippen molar-refractivity contribution in [3.8, 4) is 0 Å². The number of hydrogen-bond donors (Lipinski definition) is 1. The maximum absolute atomic E-state index is 13.8. The van der Waals surface area contributed by atoms with Gasteiger partial charge in [-0.25, -0.2) is 4.39 Å². The molecule has 0 amide bonds. The summed E-state index contributed by atoms with van der Waals surface area (Å²) in [5.41, 5.74) is 3.20. The van der Waals surface area contributed by atoms with Crippen LogP contribution in [-0.2, 0) is 0 Å².